The van der Waals surface area contributed by atoms with Crippen LogP contribution in [0, 0.1) is 0 Å². The highest BCUT2D eigenvalue weighted by Crippen LogP contribution is 2.19. The van der Waals surface area contributed by atoms with Crippen molar-refractivity contribution in [3.8, 4) is 0 Å². The zero-order valence-electron chi connectivity index (χ0n) is 11.1. The number of carboxylic acids is 1. The minimum atomic E-state index is -1.10. The maximum atomic E-state index is 12.2. The van der Waals surface area contributed by atoms with Crippen LogP contribution in [0.5, 0.6) is 0 Å². The Morgan fingerprint density at radius 3 is 2.68 bits per heavy atom. The Morgan fingerprint density at radius 1 is 1.27 bits per heavy atom. The Kier molecular flexibility index (Phi) is 3.79. The maximum absolute atomic E-state index is 12.2. The minimum Gasteiger partial charge on any atom is -0.477 e. The number of hydrogen-bond acceptors (Lipinski definition) is 4. The fourth-order valence-corrected chi connectivity index (χ4v) is 2.90. The molecule has 0 amide bonds. The lowest BCUT2D eigenvalue weighted by Crippen LogP contribution is -2.14. The van der Waals surface area contributed by atoms with Crippen molar-refractivity contribution in [1.82, 2.24) is 9.38 Å². The number of halogens is 1. The number of aromatic carboxylic acids is 1. The first-order valence-electron chi connectivity index (χ1n) is 6.24. The quantitative estimate of drug-likeness (QED) is 0.799. The molecule has 110 valence electrons. The molecule has 0 unspecified atom stereocenters. The molecule has 0 saturated carbocycles. The highest BCUT2D eigenvalue weighted by molar-refractivity contribution is 7.18. The van der Waals surface area contributed by atoms with Gasteiger partial charge >= 0.3 is 5.97 Å². The SMILES string of the molecule is O=C(O)c1cn2c(=O)c(Cl)c(/C=C/c3ccccc3)nc2s1. The van der Waals surface area contributed by atoms with E-state index in [0.29, 0.717) is 10.7 Å². The lowest BCUT2D eigenvalue weighted by Gasteiger charge is -1.98. The predicted molar refractivity (Wildman–Crippen MR) is 86.7 cm³/mol. The molecular weight excluding hydrogens is 324 g/mol. The van der Waals surface area contributed by atoms with Crippen LogP contribution in [0.4, 0.5) is 0 Å². The van der Waals surface area contributed by atoms with Crippen molar-refractivity contribution in [3.05, 3.63) is 68.0 Å². The van der Waals surface area contributed by atoms with Gasteiger partial charge < -0.3 is 5.11 Å². The number of fused-ring (bicyclic) bond motifs is 1. The summed E-state index contributed by atoms with van der Waals surface area (Å²) < 4.78 is 1.15. The number of rotatable bonds is 3. The third-order valence-corrected chi connectivity index (χ3v) is 4.27. The standard InChI is InChI=1S/C15H9ClN2O3S/c16-12-10(7-6-9-4-2-1-3-5-9)17-15-18(13(12)19)8-11(22-15)14(20)21/h1-8H,(H,20,21)/b7-6+. The van der Waals surface area contributed by atoms with Gasteiger partial charge in [-0.25, -0.2) is 9.78 Å². The van der Waals surface area contributed by atoms with E-state index in [1.807, 2.05) is 30.3 Å². The number of aromatic nitrogens is 2. The molecule has 0 radical (unpaired) electrons. The van der Waals surface area contributed by atoms with E-state index in [1.54, 1.807) is 12.2 Å². The second-order valence-electron chi connectivity index (χ2n) is 4.41. The zero-order chi connectivity index (χ0) is 15.7. The molecule has 5 nitrogen and oxygen atoms in total. The van der Waals surface area contributed by atoms with Gasteiger partial charge in [-0.2, -0.15) is 0 Å². The van der Waals surface area contributed by atoms with Crippen molar-refractivity contribution in [1.29, 1.82) is 0 Å². The summed E-state index contributed by atoms with van der Waals surface area (Å²) in [6.07, 6.45) is 4.66. The molecule has 0 fully saturated rings. The molecule has 1 N–H and O–H groups in total. The van der Waals surface area contributed by atoms with E-state index in [4.69, 9.17) is 16.7 Å². The van der Waals surface area contributed by atoms with E-state index in [-0.39, 0.29) is 9.90 Å². The number of nitrogens with zero attached hydrogens (tertiary/aromatic N) is 2. The molecule has 3 aromatic rings. The van der Waals surface area contributed by atoms with Crippen molar-refractivity contribution in [2.45, 2.75) is 0 Å². The summed E-state index contributed by atoms with van der Waals surface area (Å²) in [6, 6.07) is 9.50. The van der Waals surface area contributed by atoms with Crippen molar-refractivity contribution >= 4 is 46.0 Å². The fourth-order valence-electron chi connectivity index (χ4n) is 1.88. The Balaban J connectivity index is 2.10. The topological polar surface area (TPSA) is 71.7 Å². The molecular formula is C15H9ClN2O3S. The molecule has 2 heterocycles. The summed E-state index contributed by atoms with van der Waals surface area (Å²) >= 11 is 6.96. The number of carbonyl (C=O) groups is 1. The van der Waals surface area contributed by atoms with Crippen molar-refractivity contribution in [3.63, 3.8) is 0 Å². The van der Waals surface area contributed by atoms with Crippen LogP contribution in [0.2, 0.25) is 5.02 Å². The molecule has 0 aliphatic heterocycles. The van der Waals surface area contributed by atoms with Gasteiger partial charge in [0.15, 0.2) is 4.96 Å². The van der Waals surface area contributed by atoms with Gasteiger partial charge in [0.2, 0.25) is 0 Å². The van der Waals surface area contributed by atoms with Gasteiger partial charge in [0.05, 0.1) is 5.69 Å². The van der Waals surface area contributed by atoms with Crippen LogP contribution in [0.1, 0.15) is 20.9 Å². The first-order valence-corrected chi connectivity index (χ1v) is 7.44. The summed E-state index contributed by atoms with van der Waals surface area (Å²) in [7, 11) is 0. The fraction of sp³-hybridized carbons (Fsp3) is 0. The molecule has 7 heteroatoms. The van der Waals surface area contributed by atoms with E-state index < -0.39 is 11.5 Å². The van der Waals surface area contributed by atoms with Crippen LogP contribution in [0.15, 0.2) is 41.3 Å². The average Bonchev–Trinajstić information content (AvgIpc) is 2.95. The van der Waals surface area contributed by atoms with Gasteiger partial charge in [0.25, 0.3) is 5.56 Å². The van der Waals surface area contributed by atoms with E-state index >= 15 is 0 Å². The third-order valence-electron chi connectivity index (χ3n) is 2.95. The molecule has 0 saturated heterocycles. The van der Waals surface area contributed by atoms with Crippen molar-refractivity contribution in [2.75, 3.05) is 0 Å². The Hall–Kier alpha value is -2.44. The molecule has 0 atom stereocenters. The lowest BCUT2D eigenvalue weighted by atomic mass is 10.2. The first kappa shape index (κ1) is 14.5. The normalized spacial score (nSPS) is 11.3. The number of hydrogen-bond donors (Lipinski definition) is 1. The molecule has 3 rings (SSSR count). The molecule has 2 aromatic heterocycles. The zero-order valence-corrected chi connectivity index (χ0v) is 12.6. The highest BCUT2D eigenvalue weighted by Gasteiger charge is 2.14. The Bertz CT molecular complexity index is 945. The molecule has 0 aliphatic carbocycles. The van der Waals surface area contributed by atoms with E-state index in [1.165, 1.54) is 6.20 Å². The predicted octanol–water partition coefficient (Wildman–Crippen LogP) is 3.28. The van der Waals surface area contributed by atoms with Crippen LogP contribution in [-0.2, 0) is 0 Å². The molecule has 0 spiro atoms. The monoisotopic (exact) mass is 332 g/mol. The van der Waals surface area contributed by atoms with Crippen LogP contribution in [0.3, 0.4) is 0 Å². The van der Waals surface area contributed by atoms with E-state index in [2.05, 4.69) is 4.98 Å². The van der Waals surface area contributed by atoms with Crippen LogP contribution >= 0.6 is 22.9 Å². The third kappa shape index (κ3) is 2.66. The van der Waals surface area contributed by atoms with E-state index in [0.717, 1.165) is 21.3 Å². The van der Waals surface area contributed by atoms with Crippen LogP contribution < -0.4 is 5.56 Å². The van der Waals surface area contributed by atoms with Crippen molar-refractivity contribution in [2.24, 2.45) is 0 Å². The van der Waals surface area contributed by atoms with Gasteiger partial charge in [-0.05, 0) is 11.6 Å². The summed E-state index contributed by atoms with van der Waals surface area (Å²) in [4.78, 5) is 27.7. The Labute approximate surface area is 133 Å². The maximum Gasteiger partial charge on any atom is 0.347 e. The summed E-state index contributed by atoms with van der Waals surface area (Å²) in [5.74, 6) is -1.10. The number of benzene rings is 1. The van der Waals surface area contributed by atoms with Gasteiger partial charge in [0, 0.05) is 6.20 Å². The van der Waals surface area contributed by atoms with E-state index in [9.17, 15) is 9.59 Å². The number of thiazole rings is 1. The van der Waals surface area contributed by atoms with Gasteiger partial charge in [-0.3, -0.25) is 9.20 Å². The van der Waals surface area contributed by atoms with Crippen LogP contribution in [-0.4, -0.2) is 20.5 Å². The first-order chi connectivity index (χ1) is 10.6. The summed E-state index contributed by atoms with van der Waals surface area (Å²) in [6.45, 7) is 0. The minimum absolute atomic E-state index is 0.0323. The highest BCUT2D eigenvalue weighted by atomic mass is 35.5. The molecule has 0 bridgehead atoms. The Morgan fingerprint density at radius 2 is 2.00 bits per heavy atom. The van der Waals surface area contributed by atoms with Gasteiger partial charge in [-0.1, -0.05) is 59.3 Å². The molecule has 22 heavy (non-hydrogen) atoms. The van der Waals surface area contributed by atoms with Gasteiger partial charge in [0.1, 0.15) is 9.90 Å². The molecule has 0 aliphatic rings. The van der Waals surface area contributed by atoms with Crippen molar-refractivity contribution < 1.29 is 9.90 Å². The molecule has 1 aromatic carbocycles. The largest absolute Gasteiger partial charge is 0.477 e. The average molecular weight is 333 g/mol. The second-order valence-corrected chi connectivity index (χ2v) is 5.80. The number of carboxylic acid groups (broad SMARTS) is 1. The van der Waals surface area contributed by atoms with Gasteiger partial charge in [-0.15, -0.1) is 0 Å². The summed E-state index contributed by atoms with van der Waals surface area (Å²) in [5, 5.41) is 8.95. The van der Waals surface area contributed by atoms with Crippen LogP contribution in [0.25, 0.3) is 17.1 Å². The smallest absolute Gasteiger partial charge is 0.347 e. The lowest BCUT2D eigenvalue weighted by molar-refractivity contribution is 0.0702. The summed E-state index contributed by atoms with van der Waals surface area (Å²) in [5.41, 5.74) is 0.774. The second kappa shape index (κ2) is 5.75.